The topological polar surface area (TPSA) is 86.9 Å². The van der Waals surface area contributed by atoms with Crippen molar-refractivity contribution in [2.24, 2.45) is 0 Å². The number of aromatic amines is 1. The van der Waals surface area contributed by atoms with E-state index in [0.717, 1.165) is 0 Å². The summed E-state index contributed by atoms with van der Waals surface area (Å²) in [5.74, 6) is -0.382. The summed E-state index contributed by atoms with van der Waals surface area (Å²) in [6, 6.07) is 3.30. The SMILES string of the molecule is CNS(=O)c1cnccc1Nc1cc(C2=C(F)CCC(Cl)=C2)c(=O)[nH]c1C(C)C. The summed E-state index contributed by atoms with van der Waals surface area (Å²) < 4.78 is 29.4. The van der Waals surface area contributed by atoms with Gasteiger partial charge in [-0.05, 0) is 37.6 Å². The second-order valence-corrected chi connectivity index (χ2v) is 8.74. The Morgan fingerprint density at radius 1 is 1.31 bits per heavy atom. The minimum Gasteiger partial charge on any atom is -0.353 e. The molecule has 9 heteroatoms. The third kappa shape index (κ3) is 4.66. The predicted molar refractivity (Wildman–Crippen MR) is 115 cm³/mol. The minimum atomic E-state index is -1.46. The van der Waals surface area contributed by atoms with Crippen molar-refractivity contribution < 1.29 is 8.60 Å². The fraction of sp³-hybridized carbons (Fsp3) is 0.300. The molecule has 0 aromatic carbocycles. The molecule has 2 heterocycles. The first-order valence-corrected chi connectivity index (χ1v) is 10.7. The maximum Gasteiger partial charge on any atom is 0.256 e. The number of anilines is 2. The highest BCUT2D eigenvalue weighted by atomic mass is 35.5. The van der Waals surface area contributed by atoms with E-state index in [1.54, 1.807) is 25.4 Å². The van der Waals surface area contributed by atoms with Gasteiger partial charge in [0, 0.05) is 35.1 Å². The van der Waals surface area contributed by atoms with Gasteiger partial charge in [-0.25, -0.2) is 13.3 Å². The van der Waals surface area contributed by atoms with Crippen LogP contribution in [0, 0.1) is 0 Å². The third-order valence-electron chi connectivity index (χ3n) is 4.55. The summed E-state index contributed by atoms with van der Waals surface area (Å²) in [4.78, 5) is 20.0. The average Bonchev–Trinajstić information content (AvgIpc) is 2.70. The zero-order valence-corrected chi connectivity index (χ0v) is 17.9. The highest BCUT2D eigenvalue weighted by molar-refractivity contribution is 7.83. The molecule has 2 aromatic rings. The number of hydrogen-bond acceptors (Lipinski definition) is 4. The predicted octanol–water partition coefficient (Wildman–Crippen LogP) is 4.48. The number of hydrogen-bond donors (Lipinski definition) is 3. The van der Waals surface area contributed by atoms with Crippen LogP contribution >= 0.6 is 11.6 Å². The summed E-state index contributed by atoms with van der Waals surface area (Å²) in [5.41, 5.74) is 1.81. The van der Waals surface area contributed by atoms with Gasteiger partial charge in [0.05, 0.1) is 21.8 Å². The highest BCUT2D eigenvalue weighted by Gasteiger charge is 2.20. The molecule has 29 heavy (non-hydrogen) atoms. The number of H-pyrrole nitrogens is 1. The molecule has 1 atom stereocenters. The molecule has 2 aromatic heterocycles. The Hall–Kier alpha value is -2.29. The fourth-order valence-corrected chi connectivity index (χ4v) is 3.98. The molecule has 0 amide bonds. The Labute approximate surface area is 175 Å². The van der Waals surface area contributed by atoms with E-state index in [9.17, 15) is 13.4 Å². The second-order valence-electron chi connectivity index (χ2n) is 6.87. The van der Waals surface area contributed by atoms with Crippen LogP contribution in [0.3, 0.4) is 0 Å². The molecule has 6 nitrogen and oxygen atoms in total. The number of allylic oxidation sites excluding steroid dienone is 4. The van der Waals surface area contributed by atoms with Gasteiger partial charge in [0.25, 0.3) is 5.56 Å². The number of nitrogens with one attached hydrogen (secondary N) is 3. The molecule has 0 aliphatic heterocycles. The van der Waals surface area contributed by atoms with Gasteiger partial charge in [0.15, 0.2) is 0 Å². The van der Waals surface area contributed by atoms with Crippen LogP contribution in [-0.4, -0.2) is 21.2 Å². The largest absolute Gasteiger partial charge is 0.353 e. The molecular formula is C20H22ClFN4O2S. The summed E-state index contributed by atoms with van der Waals surface area (Å²) in [6.45, 7) is 3.87. The van der Waals surface area contributed by atoms with Crippen LogP contribution < -0.4 is 15.6 Å². The molecule has 0 fully saturated rings. The molecule has 0 radical (unpaired) electrons. The van der Waals surface area contributed by atoms with E-state index in [-0.39, 0.29) is 34.9 Å². The number of aromatic nitrogens is 2. The maximum atomic E-state index is 14.5. The quantitative estimate of drug-likeness (QED) is 0.623. The van der Waals surface area contributed by atoms with E-state index in [0.29, 0.717) is 33.4 Å². The summed E-state index contributed by atoms with van der Waals surface area (Å²) in [7, 11) is 0.122. The Morgan fingerprint density at radius 3 is 2.76 bits per heavy atom. The van der Waals surface area contributed by atoms with Gasteiger partial charge in [-0.15, -0.1) is 0 Å². The fourth-order valence-electron chi connectivity index (χ4n) is 3.08. The van der Waals surface area contributed by atoms with E-state index in [2.05, 4.69) is 20.0 Å². The second kappa shape index (κ2) is 9.02. The number of halogens is 2. The van der Waals surface area contributed by atoms with Crippen LogP contribution in [0.4, 0.5) is 15.8 Å². The number of pyridine rings is 2. The van der Waals surface area contributed by atoms with Crippen molar-refractivity contribution in [1.29, 1.82) is 0 Å². The monoisotopic (exact) mass is 436 g/mol. The Balaban J connectivity index is 2.14. The van der Waals surface area contributed by atoms with Gasteiger partial charge >= 0.3 is 0 Å². The van der Waals surface area contributed by atoms with Crippen LogP contribution in [0.1, 0.15) is 43.9 Å². The molecule has 0 spiro atoms. The lowest BCUT2D eigenvalue weighted by molar-refractivity contribution is 0.590. The molecule has 1 aliphatic carbocycles. The van der Waals surface area contributed by atoms with Gasteiger partial charge in [-0.2, -0.15) is 0 Å². The molecule has 1 aliphatic rings. The molecule has 3 rings (SSSR count). The number of nitrogens with zero attached hydrogens (tertiary/aromatic N) is 1. The van der Waals surface area contributed by atoms with E-state index >= 15 is 0 Å². The van der Waals surface area contributed by atoms with Crippen molar-refractivity contribution >= 4 is 39.5 Å². The van der Waals surface area contributed by atoms with Gasteiger partial charge in [0.1, 0.15) is 16.8 Å². The number of rotatable bonds is 6. The van der Waals surface area contributed by atoms with E-state index < -0.39 is 11.0 Å². The Bertz CT molecular complexity index is 1080. The third-order valence-corrected chi connectivity index (χ3v) is 5.95. The van der Waals surface area contributed by atoms with E-state index in [1.165, 1.54) is 12.3 Å². The smallest absolute Gasteiger partial charge is 0.256 e. The lowest BCUT2D eigenvalue weighted by Crippen LogP contribution is -2.18. The first kappa shape index (κ1) is 21.4. The van der Waals surface area contributed by atoms with Crippen molar-refractivity contribution in [2.75, 3.05) is 12.4 Å². The van der Waals surface area contributed by atoms with Crippen LogP contribution in [0.25, 0.3) is 5.57 Å². The van der Waals surface area contributed by atoms with Crippen molar-refractivity contribution in [3.05, 3.63) is 63.1 Å². The lowest BCUT2D eigenvalue weighted by Gasteiger charge is -2.19. The van der Waals surface area contributed by atoms with E-state index in [4.69, 9.17) is 11.6 Å². The average molecular weight is 437 g/mol. The van der Waals surface area contributed by atoms with Gasteiger partial charge in [-0.1, -0.05) is 25.4 Å². The van der Waals surface area contributed by atoms with Crippen molar-refractivity contribution in [2.45, 2.75) is 37.5 Å². The molecule has 1 unspecified atom stereocenters. The van der Waals surface area contributed by atoms with Gasteiger partial charge in [0.2, 0.25) is 0 Å². The Kier molecular flexibility index (Phi) is 6.66. The first-order valence-electron chi connectivity index (χ1n) is 9.14. The summed E-state index contributed by atoms with van der Waals surface area (Å²) in [6.07, 6.45) is 5.15. The molecule has 3 N–H and O–H groups in total. The van der Waals surface area contributed by atoms with Crippen molar-refractivity contribution in [3.8, 4) is 0 Å². The molecule has 0 saturated heterocycles. The van der Waals surface area contributed by atoms with Crippen LogP contribution in [-0.2, 0) is 11.0 Å². The van der Waals surface area contributed by atoms with Crippen molar-refractivity contribution in [3.63, 3.8) is 0 Å². The van der Waals surface area contributed by atoms with Crippen LogP contribution in [0.2, 0.25) is 0 Å². The van der Waals surface area contributed by atoms with E-state index in [1.807, 2.05) is 13.8 Å². The molecule has 154 valence electrons. The van der Waals surface area contributed by atoms with Gasteiger partial charge in [-0.3, -0.25) is 9.78 Å². The highest BCUT2D eigenvalue weighted by Crippen LogP contribution is 2.34. The van der Waals surface area contributed by atoms with Gasteiger partial charge < -0.3 is 10.3 Å². The normalized spacial score (nSPS) is 15.4. The minimum absolute atomic E-state index is 0.0105. The molecular weight excluding hydrogens is 415 g/mol. The molecule has 0 saturated carbocycles. The summed E-state index contributed by atoms with van der Waals surface area (Å²) in [5, 5.41) is 3.73. The first-order chi connectivity index (χ1) is 13.8. The lowest BCUT2D eigenvalue weighted by atomic mass is 9.97. The summed E-state index contributed by atoms with van der Waals surface area (Å²) >= 11 is 6.09. The molecule has 0 bridgehead atoms. The van der Waals surface area contributed by atoms with Crippen molar-refractivity contribution in [1.82, 2.24) is 14.7 Å². The maximum absolute atomic E-state index is 14.5. The Morgan fingerprint density at radius 2 is 2.07 bits per heavy atom. The zero-order valence-electron chi connectivity index (χ0n) is 16.3. The van der Waals surface area contributed by atoms with Crippen LogP contribution in [0.15, 0.2) is 51.2 Å². The zero-order chi connectivity index (χ0) is 21.1. The standard InChI is InChI=1S/C20H22ClFN4O2S/c1-11(2)19-17(25-16-6-7-24-10-18(16)29(28)23-3)9-14(20(27)26-19)13-8-12(21)4-5-15(13)22/h6-11,23H,4-5H2,1-3H3,(H,24,25)(H,26,27). The van der Waals surface area contributed by atoms with Crippen LogP contribution in [0.5, 0.6) is 0 Å².